The summed E-state index contributed by atoms with van der Waals surface area (Å²) in [6.07, 6.45) is 0. The first kappa shape index (κ1) is 18.8. The number of methoxy groups -OCH3 is 3. The smallest absolute Gasteiger partial charge is 0.344 e. The highest BCUT2D eigenvalue weighted by Crippen LogP contribution is 2.45. The van der Waals surface area contributed by atoms with E-state index in [2.05, 4.69) is 21.2 Å². The lowest BCUT2D eigenvalue weighted by Crippen LogP contribution is -2.25. The van der Waals surface area contributed by atoms with Gasteiger partial charge in [-0.1, -0.05) is 0 Å². The van der Waals surface area contributed by atoms with E-state index in [4.69, 9.17) is 23.7 Å². The van der Waals surface area contributed by atoms with E-state index in [0.717, 1.165) is 0 Å². The van der Waals surface area contributed by atoms with Crippen LogP contribution < -0.4 is 29.0 Å². The largest absolute Gasteiger partial charge is 0.493 e. The maximum atomic E-state index is 12.7. The number of anilines is 1. The Labute approximate surface area is 163 Å². The van der Waals surface area contributed by atoms with Crippen molar-refractivity contribution in [2.45, 2.75) is 0 Å². The second-order valence-corrected chi connectivity index (χ2v) is 6.18. The molecule has 3 rings (SSSR count). The van der Waals surface area contributed by atoms with Crippen molar-refractivity contribution in [3.05, 3.63) is 34.3 Å². The quantitative estimate of drug-likeness (QED) is 0.567. The fourth-order valence-electron chi connectivity index (χ4n) is 2.56. The molecule has 1 amide bonds. The molecule has 0 saturated heterocycles. The van der Waals surface area contributed by atoms with Gasteiger partial charge >= 0.3 is 5.97 Å². The Hall–Kier alpha value is -2.94. The Morgan fingerprint density at radius 2 is 1.85 bits per heavy atom. The topological polar surface area (TPSA) is 92.3 Å². The van der Waals surface area contributed by atoms with Crippen molar-refractivity contribution in [3.8, 4) is 28.7 Å². The van der Waals surface area contributed by atoms with E-state index in [0.29, 0.717) is 33.2 Å². The lowest BCUT2D eigenvalue weighted by molar-refractivity contribution is -0.118. The van der Waals surface area contributed by atoms with E-state index in [9.17, 15) is 9.59 Å². The number of amides is 1. The van der Waals surface area contributed by atoms with Crippen molar-refractivity contribution < 1.29 is 33.3 Å². The number of halogens is 1. The first-order valence-electron chi connectivity index (χ1n) is 7.75. The number of fused-ring (bicyclic) bond motifs is 1. The number of nitrogens with one attached hydrogen (secondary N) is 1. The van der Waals surface area contributed by atoms with E-state index in [-0.39, 0.29) is 23.8 Å². The zero-order valence-corrected chi connectivity index (χ0v) is 16.3. The Morgan fingerprint density at radius 1 is 1.11 bits per heavy atom. The van der Waals surface area contributed by atoms with Gasteiger partial charge in [-0.2, -0.15) is 0 Å². The molecule has 0 radical (unpaired) electrons. The van der Waals surface area contributed by atoms with Gasteiger partial charge in [-0.15, -0.1) is 0 Å². The predicted molar refractivity (Wildman–Crippen MR) is 99.3 cm³/mol. The van der Waals surface area contributed by atoms with Crippen LogP contribution in [0.2, 0.25) is 0 Å². The molecule has 0 saturated carbocycles. The van der Waals surface area contributed by atoms with Gasteiger partial charge < -0.3 is 29.0 Å². The molecule has 2 aromatic rings. The summed E-state index contributed by atoms with van der Waals surface area (Å²) >= 11 is 3.34. The van der Waals surface area contributed by atoms with Crippen LogP contribution in [0.1, 0.15) is 10.4 Å². The van der Waals surface area contributed by atoms with Gasteiger partial charge in [-0.25, -0.2) is 4.79 Å². The molecule has 0 spiro atoms. The SMILES string of the molecule is COc1cc(C(=O)Oc2ccc3c(c2)NC(=O)CO3)c(Br)c(OC)c1OC. The molecule has 0 unspecified atom stereocenters. The van der Waals surface area contributed by atoms with Gasteiger partial charge in [0.25, 0.3) is 5.91 Å². The van der Waals surface area contributed by atoms with Crippen molar-refractivity contribution in [1.82, 2.24) is 0 Å². The summed E-state index contributed by atoms with van der Waals surface area (Å²) in [7, 11) is 4.37. The van der Waals surface area contributed by atoms with Gasteiger partial charge in [-0.05, 0) is 34.1 Å². The third-order valence-corrected chi connectivity index (χ3v) is 4.57. The first-order valence-corrected chi connectivity index (χ1v) is 8.55. The minimum atomic E-state index is -0.649. The van der Waals surface area contributed by atoms with Gasteiger partial charge in [-0.3, -0.25) is 4.79 Å². The molecule has 0 aliphatic carbocycles. The van der Waals surface area contributed by atoms with Gasteiger partial charge in [0.1, 0.15) is 11.5 Å². The van der Waals surface area contributed by atoms with Gasteiger partial charge in [0, 0.05) is 6.07 Å². The lowest BCUT2D eigenvalue weighted by Gasteiger charge is -2.19. The molecule has 2 aromatic carbocycles. The number of esters is 1. The molecule has 9 heteroatoms. The van der Waals surface area contributed by atoms with Crippen LogP contribution in [0.25, 0.3) is 0 Å². The summed E-state index contributed by atoms with van der Waals surface area (Å²) in [4.78, 5) is 24.1. The third-order valence-electron chi connectivity index (χ3n) is 3.78. The molecule has 0 fully saturated rings. The number of carbonyl (C=O) groups excluding carboxylic acids is 2. The minimum absolute atomic E-state index is 0.0511. The van der Waals surface area contributed by atoms with Crippen molar-refractivity contribution in [2.24, 2.45) is 0 Å². The maximum absolute atomic E-state index is 12.7. The van der Waals surface area contributed by atoms with E-state index < -0.39 is 5.97 Å². The zero-order chi connectivity index (χ0) is 19.6. The molecule has 142 valence electrons. The Morgan fingerprint density at radius 3 is 2.52 bits per heavy atom. The van der Waals surface area contributed by atoms with E-state index in [1.165, 1.54) is 33.5 Å². The second kappa shape index (κ2) is 7.75. The highest BCUT2D eigenvalue weighted by Gasteiger charge is 2.24. The Kier molecular flexibility index (Phi) is 5.41. The number of carbonyl (C=O) groups is 2. The number of rotatable bonds is 5. The summed E-state index contributed by atoms with van der Waals surface area (Å²) in [6, 6.07) is 6.18. The average molecular weight is 438 g/mol. The third kappa shape index (κ3) is 3.63. The van der Waals surface area contributed by atoms with E-state index in [1.807, 2.05) is 0 Å². The molecule has 27 heavy (non-hydrogen) atoms. The molecule has 1 heterocycles. The molecule has 0 aromatic heterocycles. The van der Waals surface area contributed by atoms with Gasteiger partial charge in [0.2, 0.25) is 5.75 Å². The van der Waals surface area contributed by atoms with Crippen molar-refractivity contribution in [1.29, 1.82) is 0 Å². The molecule has 0 atom stereocenters. The summed E-state index contributed by atoms with van der Waals surface area (Å²) < 4.78 is 26.9. The normalized spacial score (nSPS) is 12.4. The van der Waals surface area contributed by atoms with Crippen LogP contribution >= 0.6 is 15.9 Å². The lowest BCUT2D eigenvalue weighted by atomic mass is 10.1. The molecule has 1 N–H and O–H groups in total. The van der Waals surface area contributed by atoms with Crippen LogP contribution in [0.15, 0.2) is 28.7 Å². The number of benzene rings is 2. The number of hydrogen-bond donors (Lipinski definition) is 1. The fourth-order valence-corrected chi connectivity index (χ4v) is 3.18. The highest BCUT2D eigenvalue weighted by molar-refractivity contribution is 9.10. The van der Waals surface area contributed by atoms with Crippen LogP contribution in [-0.2, 0) is 4.79 Å². The first-order chi connectivity index (χ1) is 13.0. The molecule has 1 aliphatic rings. The van der Waals surface area contributed by atoms with Crippen LogP contribution in [0.5, 0.6) is 28.7 Å². The molecule has 8 nitrogen and oxygen atoms in total. The van der Waals surface area contributed by atoms with Crippen LogP contribution in [-0.4, -0.2) is 39.8 Å². The van der Waals surface area contributed by atoms with Crippen LogP contribution in [0.4, 0.5) is 5.69 Å². The van der Waals surface area contributed by atoms with Crippen molar-refractivity contribution in [2.75, 3.05) is 33.3 Å². The van der Waals surface area contributed by atoms with Gasteiger partial charge in [0.05, 0.1) is 37.1 Å². The van der Waals surface area contributed by atoms with Crippen molar-refractivity contribution in [3.63, 3.8) is 0 Å². The summed E-state index contributed by atoms with van der Waals surface area (Å²) in [5, 5.41) is 2.66. The van der Waals surface area contributed by atoms with Crippen molar-refractivity contribution >= 4 is 33.5 Å². The second-order valence-electron chi connectivity index (χ2n) is 5.39. The summed E-state index contributed by atoms with van der Waals surface area (Å²) in [6.45, 7) is -0.0511. The predicted octanol–water partition coefficient (Wildman–Crippen LogP) is 3.03. The maximum Gasteiger partial charge on any atom is 0.344 e. The fraction of sp³-hybridized carbons (Fsp3) is 0.222. The minimum Gasteiger partial charge on any atom is -0.493 e. The van der Waals surface area contributed by atoms with E-state index in [1.54, 1.807) is 12.1 Å². The standard InChI is InChI=1S/C18H16BrNO7/c1-23-13-7-10(15(19)17(25-3)16(13)24-2)18(22)27-9-4-5-12-11(6-9)20-14(21)8-26-12/h4-7H,8H2,1-3H3,(H,20,21). The Bertz CT molecular complexity index is 913. The highest BCUT2D eigenvalue weighted by atomic mass is 79.9. The molecular formula is C18H16BrNO7. The average Bonchev–Trinajstić information content (AvgIpc) is 2.66. The van der Waals surface area contributed by atoms with E-state index >= 15 is 0 Å². The zero-order valence-electron chi connectivity index (χ0n) is 14.8. The molecule has 0 bridgehead atoms. The molecule has 1 aliphatic heterocycles. The summed E-state index contributed by atoms with van der Waals surface area (Å²) in [5.41, 5.74) is 0.614. The Balaban J connectivity index is 1.93. The van der Waals surface area contributed by atoms with Crippen LogP contribution in [0, 0.1) is 0 Å². The monoisotopic (exact) mass is 437 g/mol. The van der Waals surface area contributed by atoms with Gasteiger partial charge in [0.15, 0.2) is 18.1 Å². The van der Waals surface area contributed by atoms with Crippen LogP contribution in [0.3, 0.4) is 0 Å². The molecular weight excluding hydrogens is 422 g/mol. The number of ether oxygens (including phenoxy) is 5. The number of hydrogen-bond acceptors (Lipinski definition) is 7. The summed E-state index contributed by atoms with van der Waals surface area (Å²) in [5.74, 6) is 0.777.